The van der Waals surface area contributed by atoms with E-state index >= 15 is 0 Å². The van der Waals surface area contributed by atoms with E-state index in [1.807, 2.05) is 6.07 Å². The summed E-state index contributed by atoms with van der Waals surface area (Å²) < 4.78 is 0. The SMILES string of the molecule is c1cnc2c3c(ccc2n1)NCC3. The molecule has 1 aromatic heterocycles. The molecule has 0 saturated heterocycles. The first-order valence-electron chi connectivity index (χ1n) is 4.41. The molecule has 0 spiro atoms. The van der Waals surface area contributed by atoms with Crippen LogP contribution in [0.3, 0.4) is 0 Å². The molecular weight excluding hydrogens is 162 g/mol. The number of benzene rings is 1. The molecule has 1 aliphatic heterocycles. The third kappa shape index (κ3) is 0.900. The third-order valence-electron chi connectivity index (χ3n) is 2.44. The molecule has 0 bridgehead atoms. The van der Waals surface area contributed by atoms with E-state index in [1.54, 1.807) is 12.4 Å². The minimum absolute atomic E-state index is 0.991. The van der Waals surface area contributed by atoms with Crippen LogP contribution in [0.2, 0.25) is 0 Å². The Morgan fingerprint density at radius 2 is 2.08 bits per heavy atom. The summed E-state index contributed by atoms with van der Waals surface area (Å²) >= 11 is 0. The van der Waals surface area contributed by atoms with Crippen molar-refractivity contribution in [2.24, 2.45) is 0 Å². The molecule has 1 N–H and O–H groups in total. The minimum atomic E-state index is 0.991. The van der Waals surface area contributed by atoms with Crippen LogP contribution in [0.1, 0.15) is 5.56 Å². The Hall–Kier alpha value is -1.64. The lowest BCUT2D eigenvalue weighted by Crippen LogP contribution is -1.90. The number of aromatic nitrogens is 2. The van der Waals surface area contributed by atoms with Crippen LogP contribution in [0.5, 0.6) is 0 Å². The lowest BCUT2D eigenvalue weighted by atomic mass is 10.1. The Morgan fingerprint density at radius 1 is 1.15 bits per heavy atom. The van der Waals surface area contributed by atoms with E-state index in [2.05, 4.69) is 21.4 Å². The van der Waals surface area contributed by atoms with Gasteiger partial charge in [0.25, 0.3) is 0 Å². The largest absolute Gasteiger partial charge is 0.384 e. The number of anilines is 1. The van der Waals surface area contributed by atoms with Gasteiger partial charge in [-0.25, -0.2) is 0 Å². The van der Waals surface area contributed by atoms with E-state index in [0.29, 0.717) is 0 Å². The second-order valence-corrected chi connectivity index (χ2v) is 3.19. The second kappa shape index (κ2) is 2.42. The van der Waals surface area contributed by atoms with Gasteiger partial charge in [0.15, 0.2) is 0 Å². The average molecular weight is 171 g/mol. The summed E-state index contributed by atoms with van der Waals surface area (Å²) in [5, 5.41) is 3.32. The fourth-order valence-electron chi connectivity index (χ4n) is 1.83. The fourth-order valence-corrected chi connectivity index (χ4v) is 1.83. The molecular formula is C10H9N3. The van der Waals surface area contributed by atoms with Crippen LogP contribution in [-0.2, 0) is 6.42 Å². The number of hydrogen-bond donors (Lipinski definition) is 1. The van der Waals surface area contributed by atoms with Crippen molar-refractivity contribution >= 4 is 16.7 Å². The van der Waals surface area contributed by atoms with Crippen molar-refractivity contribution in [3.8, 4) is 0 Å². The summed E-state index contributed by atoms with van der Waals surface area (Å²) in [7, 11) is 0. The summed E-state index contributed by atoms with van der Waals surface area (Å²) in [6.45, 7) is 1.02. The van der Waals surface area contributed by atoms with Gasteiger partial charge in [0.1, 0.15) is 0 Å². The summed E-state index contributed by atoms with van der Waals surface area (Å²) in [5.74, 6) is 0. The lowest BCUT2D eigenvalue weighted by molar-refractivity contribution is 1.11. The highest BCUT2D eigenvalue weighted by Crippen LogP contribution is 2.27. The summed E-state index contributed by atoms with van der Waals surface area (Å²) in [6.07, 6.45) is 4.55. The molecule has 64 valence electrons. The Kier molecular flexibility index (Phi) is 1.27. The predicted octanol–water partition coefficient (Wildman–Crippen LogP) is 1.60. The minimum Gasteiger partial charge on any atom is -0.384 e. The van der Waals surface area contributed by atoms with E-state index in [1.165, 1.54) is 11.3 Å². The maximum Gasteiger partial charge on any atom is 0.0939 e. The first-order valence-corrected chi connectivity index (χ1v) is 4.41. The average Bonchev–Trinajstić information content (AvgIpc) is 2.65. The lowest BCUT2D eigenvalue weighted by Gasteiger charge is -2.01. The zero-order valence-electron chi connectivity index (χ0n) is 7.12. The van der Waals surface area contributed by atoms with Crippen LogP contribution < -0.4 is 5.32 Å². The first kappa shape index (κ1) is 6.83. The van der Waals surface area contributed by atoms with E-state index < -0.39 is 0 Å². The zero-order chi connectivity index (χ0) is 8.67. The van der Waals surface area contributed by atoms with E-state index in [0.717, 1.165) is 24.0 Å². The van der Waals surface area contributed by atoms with Gasteiger partial charge in [-0.3, -0.25) is 9.97 Å². The standard InChI is InChI=1S/C10H9N3/c1-2-9-10(13-6-5-12-9)7-3-4-11-8(1)7/h1-2,5-6,11H,3-4H2. The molecule has 0 amide bonds. The summed E-state index contributed by atoms with van der Waals surface area (Å²) in [6, 6.07) is 4.10. The maximum absolute atomic E-state index is 4.35. The normalized spacial score (nSPS) is 14.2. The molecule has 0 aliphatic carbocycles. The molecule has 3 nitrogen and oxygen atoms in total. The summed E-state index contributed by atoms with van der Waals surface area (Å²) in [4.78, 5) is 8.62. The second-order valence-electron chi connectivity index (χ2n) is 3.19. The van der Waals surface area contributed by atoms with Gasteiger partial charge in [0.05, 0.1) is 11.0 Å². The van der Waals surface area contributed by atoms with Crippen molar-refractivity contribution in [3.63, 3.8) is 0 Å². The number of nitrogens with zero attached hydrogens (tertiary/aromatic N) is 2. The molecule has 1 aliphatic rings. The Morgan fingerprint density at radius 3 is 3.08 bits per heavy atom. The van der Waals surface area contributed by atoms with Gasteiger partial charge in [-0.2, -0.15) is 0 Å². The molecule has 0 atom stereocenters. The van der Waals surface area contributed by atoms with Crippen molar-refractivity contribution < 1.29 is 0 Å². The highest BCUT2D eigenvalue weighted by molar-refractivity contribution is 5.84. The van der Waals surface area contributed by atoms with Gasteiger partial charge in [-0.05, 0) is 18.6 Å². The third-order valence-corrected chi connectivity index (χ3v) is 2.44. The highest BCUT2D eigenvalue weighted by Gasteiger charge is 2.13. The van der Waals surface area contributed by atoms with Crippen LogP contribution >= 0.6 is 0 Å². The monoisotopic (exact) mass is 171 g/mol. The molecule has 1 aromatic carbocycles. The smallest absolute Gasteiger partial charge is 0.0939 e. The Balaban J connectivity index is 2.43. The topological polar surface area (TPSA) is 37.8 Å². The number of rotatable bonds is 0. The van der Waals surface area contributed by atoms with Gasteiger partial charge in [0.2, 0.25) is 0 Å². The Bertz CT molecular complexity index is 465. The van der Waals surface area contributed by atoms with Crippen molar-refractivity contribution in [1.82, 2.24) is 9.97 Å². The number of fused-ring (bicyclic) bond motifs is 3. The number of hydrogen-bond acceptors (Lipinski definition) is 3. The van der Waals surface area contributed by atoms with Gasteiger partial charge in [-0.1, -0.05) is 0 Å². The van der Waals surface area contributed by atoms with Crippen LogP contribution in [0.25, 0.3) is 11.0 Å². The maximum atomic E-state index is 4.35. The molecule has 13 heavy (non-hydrogen) atoms. The Labute approximate surface area is 75.8 Å². The molecule has 2 heterocycles. The molecule has 0 radical (unpaired) electrons. The number of nitrogens with one attached hydrogen (secondary N) is 1. The van der Waals surface area contributed by atoms with Crippen LogP contribution in [-0.4, -0.2) is 16.5 Å². The van der Waals surface area contributed by atoms with Crippen molar-refractivity contribution in [3.05, 3.63) is 30.1 Å². The molecule has 3 rings (SSSR count). The molecule has 0 unspecified atom stereocenters. The summed E-state index contributed by atoms with van der Waals surface area (Å²) in [5.41, 5.74) is 4.56. The van der Waals surface area contributed by atoms with Crippen molar-refractivity contribution in [2.45, 2.75) is 6.42 Å². The van der Waals surface area contributed by atoms with Crippen LogP contribution in [0.15, 0.2) is 24.5 Å². The molecule has 3 heteroatoms. The van der Waals surface area contributed by atoms with Gasteiger partial charge in [-0.15, -0.1) is 0 Å². The first-order chi connectivity index (χ1) is 6.45. The fraction of sp³-hybridized carbons (Fsp3) is 0.200. The highest BCUT2D eigenvalue weighted by atomic mass is 14.9. The molecule has 2 aromatic rings. The van der Waals surface area contributed by atoms with E-state index in [4.69, 9.17) is 0 Å². The van der Waals surface area contributed by atoms with E-state index in [-0.39, 0.29) is 0 Å². The predicted molar refractivity (Wildman–Crippen MR) is 51.7 cm³/mol. The molecule has 0 saturated carbocycles. The van der Waals surface area contributed by atoms with Crippen LogP contribution in [0, 0.1) is 0 Å². The van der Waals surface area contributed by atoms with Gasteiger partial charge < -0.3 is 5.32 Å². The van der Waals surface area contributed by atoms with Crippen LogP contribution in [0.4, 0.5) is 5.69 Å². The molecule has 0 fully saturated rings. The zero-order valence-corrected chi connectivity index (χ0v) is 7.12. The van der Waals surface area contributed by atoms with Crippen molar-refractivity contribution in [2.75, 3.05) is 11.9 Å². The van der Waals surface area contributed by atoms with Crippen molar-refractivity contribution in [1.29, 1.82) is 0 Å². The quantitative estimate of drug-likeness (QED) is 0.654. The van der Waals surface area contributed by atoms with E-state index in [9.17, 15) is 0 Å². The van der Waals surface area contributed by atoms with Gasteiger partial charge >= 0.3 is 0 Å². The van der Waals surface area contributed by atoms with Gasteiger partial charge in [0, 0.05) is 30.2 Å².